The molecule has 4 heteroatoms. The van der Waals surface area contributed by atoms with Crippen LogP contribution < -0.4 is 0 Å². The Bertz CT molecular complexity index is 799. The van der Waals surface area contributed by atoms with Gasteiger partial charge in [0.25, 0.3) is 0 Å². The zero-order valence-corrected chi connectivity index (χ0v) is 19.7. The lowest BCUT2D eigenvalue weighted by atomic mass is 9.35. The lowest BCUT2D eigenvalue weighted by molar-refractivity contribution is -0.217. The number of aliphatic hydroxyl groups is 1. The molecule has 1 aliphatic heterocycles. The Hall–Kier alpha value is -0.870. The summed E-state index contributed by atoms with van der Waals surface area (Å²) < 4.78 is 11.0. The van der Waals surface area contributed by atoms with Gasteiger partial charge in [0.05, 0.1) is 11.7 Å². The Morgan fingerprint density at radius 2 is 1.67 bits per heavy atom. The molecule has 0 bridgehead atoms. The van der Waals surface area contributed by atoms with E-state index in [9.17, 15) is 9.90 Å². The van der Waals surface area contributed by atoms with E-state index >= 15 is 0 Å². The van der Waals surface area contributed by atoms with Crippen LogP contribution in [0, 0.1) is 39.4 Å². The van der Waals surface area contributed by atoms with E-state index < -0.39 is 17.8 Å². The molecule has 8 unspecified atom stereocenters. The summed E-state index contributed by atoms with van der Waals surface area (Å²) in [5.41, 5.74) is 2.00. The molecule has 0 aromatic rings. The molecule has 4 nitrogen and oxygen atoms in total. The second-order valence-electron chi connectivity index (χ2n) is 12.5. The second kappa shape index (κ2) is 6.34. The van der Waals surface area contributed by atoms with Gasteiger partial charge in [0.15, 0.2) is 0 Å². The number of aliphatic hydroxyl groups excluding tert-OH is 1. The van der Waals surface area contributed by atoms with Gasteiger partial charge in [0.1, 0.15) is 0 Å². The van der Waals surface area contributed by atoms with Crippen LogP contribution in [-0.4, -0.2) is 30.6 Å². The zero-order valence-electron chi connectivity index (χ0n) is 19.7. The molecule has 0 aromatic heterocycles. The number of ether oxygens (including phenoxy) is 2. The Balaban J connectivity index is 1.60. The summed E-state index contributed by atoms with van der Waals surface area (Å²) in [6.07, 6.45) is 7.97. The molecule has 1 heterocycles. The van der Waals surface area contributed by atoms with E-state index in [4.69, 9.17) is 9.47 Å². The number of hydrogen-bond acceptors (Lipinski definition) is 4. The molecule has 0 amide bonds. The molecular formula is C26H40O4. The highest BCUT2D eigenvalue weighted by Crippen LogP contribution is 2.73. The summed E-state index contributed by atoms with van der Waals surface area (Å²) in [6.45, 7) is 12.1. The lowest BCUT2D eigenvalue weighted by Gasteiger charge is -2.69. The smallest absolute Gasteiger partial charge is 0.337 e. The molecule has 5 rings (SSSR count). The number of carbonyl (C=O) groups is 1. The van der Waals surface area contributed by atoms with Crippen LogP contribution >= 0.6 is 0 Å². The number of fused-ring (bicyclic) bond motifs is 6. The topological polar surface area (TPSA) is 55.8 Å². The highest BCUT2D eigenvalue weighted by molar-refractivity contribution is 5.94. The maximum absolute atomic E-state index is 13.0. The van der Waals surface area contributed by atoms with Gasteiger partial charge in [-0.05, 0) is 78.9 Å². The van der Waals surface area contributed by atoms with Crippen molar-refractivity contribution in [2.75, 3.05) is 7.11 Å². The molecule has 1 N–H and O–H groups in total. The van der Waals surface area contributed by atoms with Crippen LogP contribution in [-0.2, 0) is 14.3 Å². The molecule has 0 radical (unpaired) electrons. The molecular weight excluding hydrogens is 376 g/mol. The number of carbonyl (C=O) groups excluding carboxylic acids is 1. The van der Waals surface area contributed by atoms with Crippen LogP contribution in [0.5, 0.6) is 0 Å². The number of methoxy groups -OCH3 is 1. The number of rotatable bonds is 1. The minimum Gasteiger partial charge on any atom is -0.428 e. The first-order valence-electron chi connectivity index (χ1n) is 12.2. The van der Waals surface area contributed by atoms with Crippen molar-refractivity contribution in [1.82, 2.24) is 0 Å². The van der Waals surface area contributed by atoms with Crippen LogP contribution in [0.2, 0.25) is 0 Å². The van der Waals surface area contributed by atoms with Crippen molar-refractivity contribution in [2.45, 2.75) is 98.4 Å². The summed E-state index contributed by atoms with van der Waals surface area (Å²) >= 11 is 0. The first-order chi connectivity index (χ1) is 14.0. The number of hydrogen-bond donors (Lipinski definition) is 1. The molecule has 5 aliphatic rings. The Labute approximate surface area is 181 Å². The van der Waals surface area contributed by atoms with Crippen molar-refractivity contribution in [2.24, 2.45) is 39.4 Å². The standard InChI is InChI=1S/C26H40O4/c1-23(2)11-7-12-24(3)16(23)10-13-25(4)17-9-8-15-20(21(28)30-22(15)29-6)26(17,5)19(27)14-18(24)25/h16-19,22,27H,7-14H2,1-6H3. The van der Waals surface area contributed by atoms with Gasteiger partial charge >= 0.3 is 5.97 Å². The molecule has 3 saturated carbocycles. The van der Waals surface area contributed by atoms with Crippen LogP contribution in [0.25, 0.3) is 0 Å². The summed E-state index contributed by atoms with van der Waals surface area (Å²) in [7, 11) is 1.60. The van der Waals surface area contributed by atoms with Crippen molar-refractivity contribution < 1.29 is 19.4 Å². The van der Waals surface area contributed by atoms with Crippen LogP contribution in [0.4, 0.5) is 0 Å². The molecule has 168 valence electrons. The van der Waals surface area contributed by atoms with Gasteiger partial charge in [-0.15, -0.1) is 0 Å². The molecule has 30 heavy (non-hydrogen) atoms. The first-order valence-corrected chi connectivity index (χ1v) is 12.2. The van der Waals surface area contributed by atoms with Gasteiger partial charge in [0.2, 0.25) is 6.29 Å². The Kier molecular flexibility index (Phi) is 4.44. The van der Waals surface area contributed by atoms with E-state index in [-0.39, 0.29) is 16.8 Å². The first kappa shape index (κ1) is 21.0. The van der Waals surface area contributed by atoms with Gasteiger partial charge in [-0.25, -0.2) is 4.79 Å². The maximum atomic E-state index is 13.0. The largest absolute Gasteiger partial charge is 0.428 e. The van der Waals surface area contributed by atoms with Gasteiger partial charge in [0, 0.05) is 18.1 Å². The molecule has 0 aromatic carbocycles. The van der Waals surface area contributed by atoms with Crippen LogP contribution in [0.1, 0.15) is 86.0 Å². The van der Waals surface area contributed by atoms with E-state index in [1.807, 2.05) is 0 Å². The minimum absolute atomic E-state index is 0.149. The monoisotopic (exact) mass is 416 g/mol. The zero-order chi connectivity index (χ0) is 21.7. The SMILES string of the molecule is COC1OC(=O)C2=C1CCC1C3(C)CCC4C(C)(C)CCCC4(C)C3CC(O)C21C. The third kappa shape index (κ3) is 2.38. The molecule has 0 saturated heterocycles. The van der Waals surface area contributed by atoms with E-state index in [1.54, 1.807) is 7.11 Å². The van der Waals surface area contributed by atoms with Crippen molar-refractivity contribution in [1.29, 1.82) is 0 Å². The van der Waals surface area contributed by atoms with Gasteiger partial charge in [-0.3, -0.25) is 0 Å². The lowest BCUT2D eigenvalue weighted by Crippen LogP contribution is -2.65. The summed E-state index contributed by atoms with van der Waals surface area (Å²) in [4.78, 5) is 13.0. The summed E-state index contributed by atoms with van der Waals surface area (Å²) in [6, 6.07) is 0. The predicted octanol–water partition coefficient (Wildman–Crippen LogP) is 5.24. The fraction of sp³-hybridized carbons (Fsp3) is 0.885. The fourth-order valence-corrected chi connectivity index (χ4v) is 9.77. The van der Waals surface area contributed by atoms with Gasteiger partial charge in [-0.2, -0.15) is 0 Å². The number of cyclic esters (lactones) is 1. The molecule has 3 fully saturated rings. The quantitative estimate of drug-likeness (QED) is 0.594. The Morgan fingerprint density at radius 1 is 0.967 bits per heavy atom. The number of esters is 1. The average molecular weight is 417 g/mol. The third-order valence-electron chi connectivity index (χ3n) is 11.0. The molecule has 4 aliphatic carbocycles. The van der Waals surface area contributed by atoms with Crippen molar-refractivity contribution in [3.63, 3.8) is 0 Å². The van der Waals surface area contributed by atoms with Gasteiger partial charge < -0.3 is 14.6 Å². The maximum Gasteiger partial charge on any atom is 0.337 e. The molecule has 0 spiro atoms. The Morgan fingerprint density at radius 3 is 2.37 bits per heavy atom. The van der Waals surface area contributed by atoms with Crippen molar-refractivity contribution in [3.8, 4) is 0 Å². The third-order valence-corrected chi connectivity index (χ3v) is 11.0. The summed E-state index contributed by atoms with van der Waals surface area (Å²) in [5.74, 6) is 1.28. The van der Waals surface area contributed by atoms with E-state index in [0.29, 0.717) is 17.3 Å². The van der Waals surface area contributed by atoms with E-state index in [2.05, 4.69) is 34.6 Å². The van der Waals surface area contributed by atoms with Crippen molar-refractivity contribution in [3.05, 3.63) is 11.1 Å². The van der Waals surface area contributed by atoms with E-state index in [0.717, 1.165) is 36.3 Å². The fourth-order valence-electron chi connectivity index (χ4n) is 9.77. The molecule has 8 atom stereocenters. The second-order valence-corrected chi connectivity index (χ2v) is 12.5. The van der Waals surface area contributed by atoms with E-state index in [1.165, 1.54) is 32.1 Å². The summed E-state index contributed by atoms with van der Waals surface area (Å²) in [5, 5.41) is 11.7. The normalized spacial score (nSPS) is 52.1. The van der Waals surface area contributed by atoms with Crippen molar-refractivity contribution >= 4 is 5.97 Å². The average Bonchev–Trinajstić information content (AvgIpc) is 3.00. The van der Waals surface area contributed by atoms with Crippen LogP contribution in [0.3, 0.4) is 0 Å². The highest BCUT2D eigenvalue weighted by Gasteiger charge is 2.69. The van der Waals surface area contributed by atoms with Crippen LogP contribution in [0.15, 0.2) is 11.1 Å². The predicted molar refractivity (Wildman–Crippen MR) is 115 cm³/mol. The minimum atomic E-state index is -0.560. The highest BCUT2D eigenvalue weighted by atomic mass is 16.7. The van der Waals surface area contributed by atoms with Gasteiger partial charge in [-0.1, -0.05) is 41.0 Å².